The van der Waals surface area contributed by atoms with Crippen molar-refractivity contribution in [3.05, 3.63) is 23.7 Å². The minimum absolute atomic E-state index is 0.106. The molecule has 0 fully saturated rings. The molecule has 0 saturated heterocycles. The number of amides is 1. The largest absolute Gasteiger partial charge is 0.460 e. The molecule has 1 N–H and O–H groups in total. The van der Waals surface area contributed by atoms with Crippen molar-refractivity contribution in [1.29, 1.82) is 0 Å². The molecule has 0 aliphatic carbocycles. The van der Waals surface area contributed by atoms with Crippen molar-refractivity contribution in [3.63, 3.8) is 0 Å². The monoisotopic (exact) mass is 245 g/mol. The van der Waals surface area contributed by atoms with Gasteiger partial charge in [-0.3, -0.25) is 4.79 Å². The van der Waals surface area contributed by atoms with Crippen LogP contribution in [0.15, 0.2) is 16.5 Å². The lowest BCUT2D eigenvalue weighted by molar-refractivity contribution is -0.118. The van der Waals surface area contributed by atoms with Crippen LogP contribution >= 0.6 is 11.6 Å². The number of carbonyl (C=O) groups is 2. The summed E-state index contributed by atoms with van der Waals surface area (Å²) in [7, 11) is 0. The first-order chi connectivity index (χ1) is 7.67. The van der Waals surface area contributed by atoms with Crippen molar-refractivity contribution in [1.82, 2.24) is 5.32 Å². The second-order valence-corrected chi connectivity index (χ2v) is 3.16. The van der Waals surface area contributed by atoms with E-state index in [1.807, 2.05) is 0 Å². The number of nitrogens with one attached hydrogen (secondary N) is 1. The van der Waals surface area contributed by atoms with Gasteiger partial charge in [0.25, 0.3) is 0 Å². The molecular formula is C10H12ClNO4. The Balaban J connectivity index is 2.51. The summed E-state index contributed by atoms with van der Waals surface area (Å²) in [5.74, 6) is -0.322. The van der Waals surface area contributed by atoms with Crippen molar-refractivity contribution in [2.75, 3.05) is 12.5 Å². The van der Waals surface area contributed by atoms with Crippen LogP contribution in [-0.4, -0.2) is 24.4 Å². The maximum absolute atomic E-state index is 11.2. The van der Waals surface area contributed by atoms with Gasteiger partial charge < -0.3 is 14.5 Å². The maximum Gasteiger partial charge on any atom is 0.374 e. The van der Waals surface area contributed by atoms with Gasteiger partial charge in [0.15, 0.2) is 0 Å². The van der Waals surface area contributed by atoms with Crippen LogP contribution in [0.4, 0.5) is 0 Å². The number of halogens is 1. The van der Waals surface area contributed by atoms with Crippen LogP contribution in [0.3, 0.4) is 0 Å². The molecule has 5 nitrogen and oxygen atoms in total. The van der Waals surface area contributed by atoms with Gasteiger partial charge in [0.05, 0.1) is 13.2 Å². The first-order valence-corrected chi connectivity index (χ1v) is 5.29. The summed E-state index contributed by atoms with van der Waals surface area (Å²) >= 11 is 5.30. The Morgan fingerprint density at radius 3 is 2.88 bits per heavy atom. The van der Waals surface area contributed by atoms with E-state index in [0.29, 0.717) is 5.76 Å². The first-order valence-electron chi connectivity index (χ1n) is 4.76. The van der Waals surface area contributed by atoms with E-state index in [1.165, 1.54) is 6.07 Å². The normalized spacial score (nSPS) is 9.88. The second-order valence-electron chi connectivity index (χ2n) is 2.90. The third-order valence-electron chi connectivity index (χ3n) is 1.72. The molecule has 0 atom stereocenters. The van der Waals surface area contributed by atoms with Gasteiger partial charge in [-0.05, 0) is 19.1 Å². The number of alkyl halides is 1. The summed E-state index contributed by atoms with van der Waals surface area (Å²) in [6.45, 7) is 2.20. The molecule has 1 heterocycles. The Kier molecular flexibility index (Phi) is 4.85. The predicted octanol–water partition coefficient (Wildman–Crippen LogP) is 1.31. The van der Waals surface area contributed by atoms with Crippen LogP contribution in [0, 0.1) is 0 Å². The van der Waals surface area contributed by atoms with E-state index in [9.17, 15) is 9.59 Å². The Labute approximate surface area is 97.7 Å². The highest BCUT2D eigenvalue weighted by atomic mass is 35.5. The Bertz CT molecular complexity index is 375. The van der Waals surface area contributed by atoms with Crippen LogP contribution in [-0.2, 0) is 16.1 Å². The molecule has 0 saturated carbocycles. The summed E-state index contributed by atoms with van der Waals surface area (Å²) in [6, 6.07) is 3.10. The number of furan rings is 1. The van der Waals surface area contributed by atoms with Gasteiger partial charge in [0.1, 0.15) is 11.6 Å². The van der Waals surface area contributed by atoms with Crippen LogP contribution in [0.2, 0.25) is 0 Å². The Hall–Kier alpha value is -1.49. The third-order valence-corrected chi connectivity index (χ3v) is 1.96. The van der Waals surface area contributed by atoms with Gasteiger partial charge >= 0.3 is 5.97 Å². The van der Waals surface area contributed by atoms with Crippen LogP contribution < -0.4 is 5.32 Å². The van der Waals surface area contributed by atoms with Crippen LogP contribution in [0.1, 0.15) is 23.2 Å². The van der Waals surface area contributed by atoms with Crippen molar-refractivity contribution >= 4 is 23.5 Å². The van der Waals surface area contributed by atoms with E-state index in [4.69, 9.17) is 20.8 Å². The van der Waals surface area contributed by atoms with Gasteiger partial charge in [-0.25, -0.2) is 4.79 Å². The summed E-state index contributed by atoms with van der Waals surface area (Å²) in [5.41, 5.74) is 0. The highest BCUT2D eigenvalue weighted by molar-refractivity contribution is 6.27. The van der Waals surface area contributed by atoms with E-state index in [1.54, 1.807) is 13.0 Å². The lowest BCUT2D eigenvalue weighted by atomic mass is 10.4. The SMILES string of the molecule is CCOC(=O)c1ccc(CNC(=O)CCl)o1. The highest BCUT2D eigenvalue weighted by Crippen LogP contribution is 2.09. The molecule has 16 heavy (non-hydrogen) atoms. The van der Waals surface area contributed by atoms with Crippen molar-refractivity contribution < 1.29 is 18.7 Å². The zero-order valence-corrected chi connectivity index (χ0v) is 9.54. The van der Waals surface area contributed by atoms with Crippen LogP contribution in [0.5, 0.6) is 0 Å². The van der Waals surface area contributed by atoms with E-state index in [2.05, 4.69) is 5.32 Å². The average molecular weight is 246 g/mol. The molecular weight excluding hydrogens is 234 g/mol. The quantitative estimate of drug-likeness (QED) is 0.627. The molecule has 1 aromatic heterocycles. The fourth-order valence-corrected chi connectivity index (χ4v) is 1.11. The summed E-state index contributed by atoms with van der Waals surface area (Å²) in [5, 5.41) is 2.52. The molecule has 6 heteroatoms. The predicted molar refractivity (Wildman–Crippen MR) is 57.2 cm³/mol. The number of rotatable bonds is 5. The van der Waals surface area contributed by atoms with Gasteiger partial charge in [0, 0.05) is 0 Å². The van der Waals surface area contributed by atoms with Crippen LogP contribution in [0.25, 0.3) is 0 Å². The average Bonchev–Trinajstić information content (AvgIpc) is 2.75. The lowest BCUT2D eigenvalue weighted by Crippen LogP contribution is -2.23. The fraction of sp³-hybridized carbons (Fsp3) is 0.400. The fourth-order valence-electron chi connectivity index (χ4n) is 1.02. The number of hydrogen-bond acceptors (Lipinski definition) is 4. The minimum Gasteiger partial charge on any atom is -0.460 e. The standard InChI is InChI=1S/C10H12ClNO4/c1-2-15-10(14)8-4-3-7(16-8)6-12-9(13)5-11/h3-4H,2,5-6H2,1H3,(H,12,13). The topological polar surface area (TPSA) is 68.5 Å². The highest BCUT2D eigenvalue weighted by Gasteiger charge is 2.12. The smallest absolute Gasteiger partial charge is 0.374 e. The van der Waals surface area contributed by atoms with E-state index in [-0.39, 0.29) is 30.7 Å². The number of carbonyl (C=O) groups excluding carboxylic acids is 2. The maximum atomic E-state index is 11.2. The zero-order valence-electron chi connectivity index (χ0n) is 8.79. The third kappa shape index (κ3) is 3.58. The minimum atomic E-state index is -0.516. The van der Waals surface area contributed by atoms with E-state index < -0.39 is 5.97 Å². The Morgan fingerprint density at radius 2 is 2.25 bits per heavy atom. The van der Waals surface area contributed by atoms with E-state index in [0.717, 1.165) is 0 Å². The molecule has 0 bridgehead atoms. The molecule has 1 aromatic rings. The summed E-state index contributed by atoms with van der Waals surface area (Å²) in [4.78, 5) is 22.1. The molecule has 88 valence electrons. The Morgan fingerprint density at radius 1 is 1.50 bits per heavy atom. The number of hydrogen-bond donors (Lipinski definition) is 1. The van der Waals surface area contributed by atoms with Crippen molar-refractivity contribution in [3.8, 4) is 0 Å². The number of ether oxygens (including phenoxy) is 1. The molecule has 0 aromatic carbocycles. The molecule has 0 radical (unpaired) electrons. The molecule has 0 aliphatic rings. The summed E-state index contributed by atoms with van der Waals surface area (Å²) < 4.78 is 9.91. The second kappa shape index (κ2) is 6.17. The van der Waals surface area contributed by atoms with Gasteiger partial charge in [-0.15, -0.1) is 11.6 Å². The molecule has 0 aliphatic heterocycles. The first kappa shape index (κ1) is 12.6. The summed E-state index contributed by atoms with van der Waals surface area (Å²) in [6.07, 6.45) is 0. The van der Waals surface area contributed by atoms with Crippen molar-refractivity contribution in [2.24, 2.45) is 0 Å². The van der Waals surface area contributed by atoms with Gasteiger partial charge in [-0.2, -0.15) is 0 Å². The lowest BCUT2D eigenvalue weighted by Gasteiger charge is -1.99. The zero-order chi connectivity index (χ0) is 12.0. The molecule has 1 rings (SSSR count). The molecule has 1 amide bonds. The van der Waals surface area contributed by atoms with Crippen molar-refractivity contribution in [2.45, 2.75) is 13.5 Å². The van der Waals surface area contributed by atoms with Gasteiger partial charge in [-0.1, -0.05) is 0 Å². The molecule has 0 unspecified atom stereocenters. The molecule has 0 spiro atoms. The number of esters is 1. The van der Waals surface area contributed by atoms with E-state index >= 15 is 0 Å². The van der Waals surface area contributed by atoms with Gasteiger partial charge in [0.2, 0.25) is 11.7 Å².